The van der Waals surface area contributed by atoms with E-state index >= 15 is 0 Å². The maximum atomic E-state index is 12.7. The number of ether oxygens (including phenoxy) is 1. The van der Waals surface area contributed by atoms with E-state index < -0.39 is 10.0 Å². The molecule has 0 aliphatic heterocycles. The minimum Gasteiger partial charge on any atom is -0.457 e. The van der Waals surface area contributed by atoms with Crippen molar-refractivity contribution >= 4 is 26.7 Å². The smallest absolute Gasteiger partial charge is 0.240 e. The van der Waals surface area contributed by atoms with Crippen LogP contribution in [-0.4, -0.2) is 23.6 Å². The molecule has 198 valence electrons. The molecule has 0 amide bonds. The lowest BCUT2D eigenvalue weighted by Crippen LogP contribution is -2.23. The van der Waals surface area contributed by atoms with E-state index in [-0.39, 0.29) is 11.4 Å². The van der Waals surface area contributed by atoms with Gasteiger partial charge >= 0.3 is 0 Å². The summed E-state index contributed by atoms with van der Waals surface area (Å²) >= 11 is 0. The van der Waals surface area contributed by atoms with Gasteiger partial charge in [-0.3, -0.25) is 10.1 Å². The summed E-state index contributed by atoms with van der Waals surface area (Å²) in [7, 11) is -3.63. The van der Waals surface area contributed by atoms with Crippen LogP contribution in [-0.2, 0) is 16.6 Å². The SMILES string of the molecule is Nc1n[nH]c2c(-c3cccc(CNS(=O)(=O)c4ccccc4)c3)ncc(-c3ccc(Oc4ccccc4)cc3)c12. The first-order chi connectivity index (χ1) is 19.5. The van der Waals surface area contributed by atoms with Gasteiger partial charge in [-0.05, 0) is 53.6 Å². The number of rotatable bonds is 8. The van der Waals surface area contributed by atoms with Gasteiger partial charge in [0.2, 0.25) is 10.0 Å². The molecule has 0 atom stereocenters. The van der Waals surface area contributed by atoms with Gasteiger partial charge in [-0.25, -0.2) is 13.1 Å². The summed E-state index contributed by atoms with van der Waals surface area (Å²) in [6, 6.07) is 33.2. The molecular weight excluding hydrogens is 522 g/mol. The Morgan fingerprint density at radius 3 is 2.25 bits per heavy atom. The van der Waals surface area contributed by atoms with Gasteiger partial charge in [-0.15, -0.1) is 0 Å². The van der Waals surface area contributed by atoms with E-state index in [1.165, 1.54) is 0 Å². The van der Waals surface area contributed by atoms with Crippen LogP contribution in [0.4, 0.5) is 5.82 Å². The van der Waals surface area contributed by atoms with Crippen molar-refractivity contribution < 1.29 is 13.2 Å². The molecule has 6 rings (SSSR count). The van der Waals surface area contributed by atoms with Gasteiger partial charge in [0.15, 0.2) is 5.82 Å². The largest absolute Gasteiger partial charge is 0.457 e. The fraction of sp³-hybridized carbons (Fsp3) is 0.0323. The Kier molecular flexibility index (Phi) is 6.73. The van der Waals surface area contributed by atoms with Crippen LogP contribution in [0.3, 0.4) is 0 Å². The summed E-state index contributed by atoms with van der Waals surface area (Å²) in [5, 5.41) is 8.06. The zero-order valence-corrected chi connectivity index (χ0v) is 22.1. The Bertz CT molecular complexity index is 1890. The number of anilines is 1. The molecule has 40 heavy (non-hydrogen) atoms. The lowest BCUT2D eigenvalue weighted by atomic mass is 10.00. The first-order valence-electron chi connectivity index (χ1n) is 12.6. The van der Waals surface area contributed by atoms with Crippen molar-refractivity contribution in [2.24, 2.45) is 0 Å². The maximum absolute atomic E-state index is 12.7. The molecule has 0 unspecified atom stereocenters. The van der Waals surface area contributed by atoms with E-state index in [0.29, 0.717) is 17.0 Å². The van der Waals surface area contributed by atoms with E-state index in [1.807, 2.05) is 78.9 Å². The fourth-order valence-electron chi connectivity index (χ4n) is 4.51. The molecule has 0 saturated carbocycles. The summed E-state index contributed by atoms with van der Waals surface area (Å²) in [6.45, 7) is 0.134. The molecule has 0 spiro atoms. The van der Waals surface area contributed by atoms with Gasteiger partial charge in [0.25, 0.3) is 0 Å². The summed E-state index contributed by atoms with van der Waals surface area (Å²) in [4.78, 5) is 4.98. The first kappa shape index (κ1) is 25.3. The van der Waals surface area contributed by atoms with Crippen LogP contribution in [0.25, 0.3) is 33.3 Å². The number of sulfonamides is 1. The lowest BCUT2D eigenvalue weighted by Gasteiger charge is -2.11. The highest BCUT2D eigenvalue weighted by atomic mass is 32.2. The van der Waals surface area contributed by atoms with Crippen molar-refractivity contribution in [1.29, 1.82) is 0 Å². The lowest BCUT2D eigenvalue weighted by molar-refractivity contribution is 0.483. The van der Waals surface area contributed by atoms with Crippen LogP contribution in [0.1, 0.15) is 5.56 Å². The molecule has 4 N–H and O–H groups in total. The van der Waals surface area contributed by atoms with Gasteiger partial charge < -0.3 is 10.5 Å². The summed E-state index contributed by atoms with van der Waals surface area (Å²) < 4.78 is 33.9. The van der Waals surface area contributed by atoms with Crippen molar-refractivity contribution in [2.75, 3.05) is 5.73 Å². The monoisotopic (exact) mass is 547 g/mol. The van der Waals surface area contributed by atoms with Crippen molar-refractivity contribution in [3.63, 3.8) is 0 Å². The number of fused-ring (bicyclic) bond motifs is 1. The van der Waals surface area contributed by atoms with E-state index in [1.54, 1.807) is 36.5 Å². The van der Waals surface area contributed by atoms with Crippen LogP contribution in [0.15, 0.2) is 120 Å². The molecule has 8 nitrogen and oxygen atoms in total. The Morgan fingerprint density at radius 2 is 1.50 bits per heavy atom. The Balaban J connectivity index is 1.28. The highest BCUT2D eigenvalue weighted by Gasteiger charge is 2.17. The number of benzene rings is 4. The van der Waals surface area contributed by atoms with Gasteiger partial charge in [-0.2, -0.15) is 5.10 Å². The van der Waals surface area contributed by atoms with Gasteiger partial charge in [-0.1, -0.05) is 66.7 Å². The number of nitrogens with two attached hydrogens (primary N) is 1. The van der Waals surface area contributed by atoms with Crippen molar-refractivity contribution in [1.82, 2.24) is 19.9 Å². The molecule has 9 heteroatoms. The average Bonchev–Trinajstić information content (AvgIpc) is 3.39. The molecule has 2 heterocycles. The molecule has 0 radical (unpaired) electrons. The Hall–Kier alpha value is -4.99. The van der Waals surface area contributed by atoms with Gasteiger partial charge in [0.05, 0.1) is 21.5 Å². The number of hydrogen-bond acceptors (Lipinski definition) is 6. The van der Waals surface area contributed by atoms with Crippen molar-refractivity contribution in [3.8, 4) is 33.9 Å². The first-order valence-corrected chi connectivity index (χ1v) is 14.1. The summed E-state index contributed by atoms with van der Waals surface area (Å²) in [6.07, 6.45) is 1.78. The fourth-order valence-corrected chi connectivity index (χ4v) is 5.55. The Morgan fingerprint density at radius 1 is 0.800 bits per heavy atom. The van der Waals surface area contributed by atoms with Crippen LogP contribution in [0.5, 0.6) is 11.5 Å². The second-order valence-corrected chi connectivity index (χ2v) is 10.9. The topological polar surface area (TPSA) is 123 Å². The van der Waals surface area contributed by atoms with Crippen LogP contribution < -0.4 is 15.2 Å². The molecule has 0 bridgehead atoms. The molecular formula is C31H25N5O3S. The van der Waals surface area contributed by atoms with E-state index in [9.17, 15) is 8.42 Å². The quantitative estimate of drug-likeness (QED) is 0.210. The van der Waals surface area contributed by atoms with E-state index in [0.717, 1.165) is 39.1 Å². The highest BCUT2D eigenvalue weighted by molar-refractivity contribution is 7.89. The van der Waals surface area contributed by atoms with Crippen molar-refractivity contribution in [3.05, 3.63) is 121 Å². The molecule has 0 aliphatic carbocycles. The van der Waals surface area contributed by atoms with Crippen LogP contribution >= 0.6 is 0 Å². The number of nitrogens with one attached hydrogen (secondary N) is 2. The van der Waals surface area contributed by atoms with Gasteiger partial charge in [0, 0.05) is 23.9 Å². The number of aromatic amines is 1. The number of nitrogen functional groups attached to an aromatic ring is 1. The number of pyridine rings is 1. The number of H-pyrrole nitrogens is 1. The summed E-state index contributed by atoms with van der Waals surface area (Å²) in [5.74, 6) is 1.85. The van der Waals surface area contributed by atoms with Gasteiger partial charge in [0.1, 0.15) is 11.5 Å². The van der Waals surface area contributed by atoms with E-state index in [4.69, 9.17) is 15.5 Å². The average molecular weight is 548 g/mol. The third-order valence-electron chi connectivity index (χ3n) is 6.49. The number of hydrogen-bond donors (Lipinski definition) is 3. The molecule has 2 aromatic heterocycles. The standard InChI is InChI=1S/C31H25N5O3S/c32-31-28-27(22-14-16-25(17-15-22)39-24-10-3-1-4-11-24)20-33-29(30(28)35-36-31)23-9-7-8-21(18-23)19-34-40(37,38)26-12-5-2-6-13-26/h1-18,20,34H,19H2,(H3,32,35,36). The normalized spacial score (nSPS) is 11.5. The molecule has 0 fully saturated rings. The minimum atomic E-state index is -3.63. The van der Waals surface area contributed by atoms with Crippen LogP contribution in [0, 0.1) is 0 Å². The van der Waals surface area contributed by atoms with E-state index in [2.05, 4.69) is 14.9 Å². The molecule has 6 aromatic rings. The maximum Gasteiger partial charge on any atom is 0.240 e. The third kappa shape index (κ3) is 5.15. The zero-order valence-electron chi connectivity index (χ0n) is 21.3. The molecule has 0 aliphatic rings. The highest BCUT2D eigenvalue weighted by Crippen LogP contribution is 2.36. The van der Waals surface area contributed by atoms with Crippen molar-refractivity contribution in [2.45, 2.75) is 11.4 Å². The second-order valence-electron chi connectivity index (χ2n) is 9.16. The molecule has 4 aromatic carbocycles. The predicted molar refractivity (Wildman–Crippen MR) is 156 cm³/mol. The number of aromatic nitrogens is 3. The molecule has 0 saturated heterocycles. The number of para-hydroxylation sites is 1. The number of nitrogens with zero attached hydrogens (tertiary/aromatic N) is 2. The second kappa shape index (κ2) is 10.6. The zero-order chi connectivity index (χ0) is 27.5. The predicted octanol–water partition coefficient (Wildman–Crippen LogP) is 6.14. The third-order valence-corrected chi connectivity index (χ3v) is 7.90. The van der Waals surface area contributed by atoms with Crippen LogP contribution in [0.2, 0.25) is 0 Å². The summed E-state index contributed by atoms with van der Waals surface area (Å²) in [5.41, 5.74) is 11.0. The minimum absolute atomic E-state index is 0.134. The Labute approximate surface area is 231 Å².